The summed E-state index contributed by atoms with van der Waals surface area (Å²) in [5, 5.41) is 2.74. The summed E-state index contributed by atoms with van der Waals surface area (Å²) in [7, 11) is 0. The zero-order chi connectivity index (χ0) is 14.3. The molecule has 1 unspecified atom stereocenters. The van der Waals surface area contributed by atoms with Crippen LogP contribution in [0.5, 0.6) is 5.75 Å². The maximum absolute atomic E-state index is 12.0. The number of nitrogens with one attached hydrogen (secondary N) is 1. The van der Waals surface area contributed by atoms with Gasteiger partial charge in [-0.3, -0.25) is 4.79 Å². The van der Waals surface area contributed by atoms with E-state index in [1.165, 1.54) is 12.1 Å². The maximum atomic E-state index is 12.0. The zero-order valence-corrected chi connectivity index (χ0v) is 10.9. The largest absolute Gasteiger partial charge is 0.435 e. The molecule has 0 radical (unpaired) electrons. The van der Waals surface area contributed by atoms with Gasteiger partial charge < -0.3 is 14.8 Å². The number of amides is 1. The van der Waals surface area contributed by atoms with Crippen LogP contribution in [0.1, 0.15) is 25.5 Å². The normalized spacial score (nSPS) is 12.3. The smallest absolute Gasteiger partial charge is 0.387 e. The van der Waals surface area contributed by atoms with Gasteiger partial charge in [-0.25, -0.2) is 0 Å². The van der Waals surface area contributed by atoms with E-state index in [1.807, 2.05) is 0 Å². The molecule has 0 aliphatic heterocycles. The maximum Gasteiger partial charge on any atom is 0.387 e. The summed E-state index contributed by atoms with van der Waals surface area (Å²) in [6.07, 6.45) is 0. The van der Waals surface area contributed by atoms with Crippen LogP contribution in [0.4, 0.5) is 8.78 Å². The first-order valence-electron chi connectivity index (χ1n) is 5.94. The van der Waals surface area contributed by atoms with Gasteiger partial charge in [0.15, 0.2) is 0 Å². The van der Waals surface area contributed by atoms with E-state index in [2.05, 4.69) is 10.1 Å². The van der Waals surface area contributed by atoms with E-state index in [-0.39, 0.29) is 24.3 Å². The lowest BCUT2D eigenvalue weighted by Gasteiger charge is -2.15. The van der Waals surface area contributed by atoms with Gasteiger partial charge in [0.25, 0.3) is 0 Å². The fourth-order valence-corrected chi connectivity index (χ4v) is 1.50. The average molecular weight is 273 g/mol. The van der Waals surface area contributed by atoms with Gasteiger partial charge in [-0.05, 0) is 31.5 Å². The van der Waals surface area contributed by atoms with Crippen LogP contribution in [0, 0.1) is 0 Å². The Morgan fingerprint density at radius 3 is 2.47 bits per heavy atom. The van der Waals surface area contributed by atoms with Crippen molar-refractivity contribution < 1.29 is 23.0 Å². The molecule has 0 saturated carbocycles. The second kappa shape index (κ2) is 7.68. The van der Waals surface area contributed by atoms with E-state index in [9.17, 15) is 13.6 Å². The Hall–Kier alpha value is -1.69. The van der Waals surface area contributed by atoms with E-state index in [0.29, 0.717) is 6.61 Å². The fourth-order valence-electron chi connectivity index (χ4n) is 1.50. The SMILES string of the molecule is CCOCC(=O)NC(C)c1ccc(OC(F)F)cc1. The van der Waals surface area contributed by atoms with Crippen LogP contribution in [0.25, 0.3) is 0 Å². The summed E-state index contributed by atoms with van der Waals surface area (Å²) in [6, 6.07) is 5.90. The second-order valence-electron chi connectivity index (χ2n) is 3.87. The molecule has 1 N–H and O–H groups in total. The Balaban J connectivity index is 2.52. The average Bonchev–Trinajstić information content (AvgIpc) is 2.36. The third-order valence-electron chi connectivity index (χ3n) is 2.42. The van der Waals surface area contributed by atoms with Crippen molar-refractivity contribution in [2.75, 3.05) is 13.2 Å². The summed E-state index contributed by atoms with van der Waals surface area (Å²) in [4.78, 5) is 11.4. The molecule has 0 aliphatic rings. The van der Waals surface area contributed by atoms with E-state index < -0.39 is 6.61 Å². The number of hydrogen-bond acceptors (Lipinski definition) is 3. The molecule has 4 nitrogen and oxygen atoms in total. The van der Waals surface area contributed by atoms with Crippen LogP contribution < -0.4 is 10.1 Å². The first-order valence-corrected chi connectivity index (χ1v) is 5.94. The van der Waals surface area contributed by atoms with Gasteiger partial charge in [-0.1, -0.05) is 12.1 Å². The molecule has 1 aromatic carbocycles. The van der Waals surface area contributed by atoms with E-state index in [1.54, 1.807) is 26.0 Å². The van der Waals surface area contributed by atoms with Gasteiger partial charge in [0.05, 0.1) is 6.04 Å². The van der Waals surface area contributed by atoms with Crippen molar-refractivity contribution in [1.82, 2.24) is 5.32 Å². The molecule has 19 heavy (non-hydrogen) atoms. The molecule has 0 aromatic heterocycles. The topological polar surface area (TPSA) is 47.6 Å². The van der Waals surface area contributed by atoms with Crippen molar-refractivity contribution in [2.24, 2.45) is 0 Å². The van der Waals surface area contributed by atoms with Gasteiger partial charge >= 0.3 is 6.61 Å². The molecule has 1 atom stereocenters. The Morgan fingerprint density at radius 2 is 1.95 bits per heavy atom. The second-order valence-corrected chi connectivity index (χ2v) is 3.87. The van der Waals surface area contributed by atoms with Crippen LogP contribution in [-0.4, -0.2) is 25.7 Å². The predicted molar refractivity (Wildman–Crippen MR) is 66.1 cm³/mol. The highest BCUT2D eigenvalue weighted by atomic mass is 19.3. The van der Waals surface area contributed by atoms with E-state index in [0.717, 1.165) is 5.56 Å². The van der Waals surface area contributed by atoms with Crippen LogP contribution in [0.15, 0.2) is 24.3 Å². The third kappa shape index (κ3) is 5.65. The van der Waals surface area contributed by atoms with Crippen molar-refractivity contribution in [3.8, 4) is 5.75 Å². The molecule has 1 aromatic rings. The van der Waals surface area contributed by atoms with Crippen LogP contribution in [-0.2, 0) is 9.53 Å². The summed E-state index contributed by atoms with van der Waals surface area (Å²) in [6.45, 7) is 1.24. The number of halogens is 2. The Labute approximate surface area is 110 Å². The van der Waals surface area contributed by atoms with E-state index in [4.69, 9.17) is 4.74 Å². The van der Waals surface area contributed by atoms with Crippen molar-refractivity contribution >= 4 is 5.91 Å². The molecule has 0 heterocycles. The lowest BCUT2D eigenvalue weighted by molar-refractivity contribution is -0.126. The first-order chi connectivity index (χ1) is 9.02. The lowest BCUT2D eigenvalue weighted by Crippen LogP contribution is -2.30. The minimum absolute atomic E-state index is 0.00736. The van der Waals surface area contributed by atoms with Crippen molar-refractivity contribution in [2.45, 2.75) is 26.5 Å². The van der Waals surface area contributed by atoms with E-state index >= 15 is 0 Å². The van der Waals surface area contributed by atoms with Crippen molar-refractivity contribution in [1.29, 1.82) is 0 Å². The number of benzene rings is 1. The van der Waals surface area contributed by atoms with Gasteiger partial charge in [0, 0.05) is 6.61 Å². The standard InChI is InChI=1S/C13H17F2NO3/c1-3-18-8-12(17)16-9(2)10-4-6-11(7-5-10)19-13(14)15/h4-7,9,13H,3,8H2,1-2H3,(H,16,17). The van der Waals surface area contributed by atoms with Gasteiger partial charge in [-0.2, -0.15) is 8.78 Å². The summed E-state index contributed by atoms with van der Waals surface area (Å²) in [5.74, 6) is -0.131. The minimum atomic E-state index is -2.84. The molecule has 1 rings (SSSR count). The fraction of sp³-hybridized carbons (Fsp3) is 0.462. The van der Waals surface area contributed by atoms with Gasteiger partial charge in [0.1, 0.15) is 12.4 Å². The molecule has 0 spiro atoms. The van der Waals surface area contributed by atoms with Crippen molar-refractivity contribution in [3.05, 3.63) is 29.8 Å². The molecule has 1 amide bonds. The number of rotatable bonds is 7. The summed E-state index contributed by atoms with van der Waals surface area (Å²) < 4.78 is 33.2. The number of carbonyl (C=O) groups excluding carboxylic acids is 1. The zero-order valence-electron chi connectivity index (χ0n) is 10.9. The number of ether oxygens (including phenoxy) is 2. The highest BCUT2D eigenvalue weighted by molar-refractivity contribution is 5.77. The van der Waals surface area contributed by atoms with Crippen LogP contribution in [0.2, 0.25) is 0 Å². The number of hydrogen-bond donors (Lipinski definition) is 1. The third-order valence-corrected chi connectivity index (χ3v) is 2.42. The summed E-state index contributed by atoms with van der Waals surface area (Å²) in [5.41, 5.74) is 0.798. The molecular weight excluding hydrogens is 256 g/mol. The van der Waals surface area contributed by atoms with Crippen LogP contribution in [0.3, 0.4) is 0 Å². The molecule has 106 valence electrons. The monoisotopic (exact) mass is 273 g/mol. The quantitative estimate of drug-likeness (QED) is 0.830. The molecule has 0 aliphatic carbocycles. The summed E-state index contributed by atoms with van der Waals surface area (Å²) >= 11 is 0. The predicted octanol–water partition coefficient (Wildman–Crippen LogP) is 2.50. The Bertz CT molecular complexity index is 395. The Kier molecular flexibility index (Phi) is 6.21. The Morgan fingerprint density at radius 1 is 1.32 bits per heavy atom. The van der Waals surface area contributed by atoms with Crippen LogP contribution >= 0.6 is 0 Å². The molecule has 0 saturated heterocycles. The molecule has 6 heteroatoms. The molecule has 0 fully saturated rings. The molecule has 0 bridgehead atoms. The first kappa shape index (κ1) is 15.4. The minimum Gasteiger partial charge on any atom is -0.435 e. The lowest BCUT2D eigenvalue weighted by atomic mass is 10.1. The van der Waals surface area contributed by atoms with Gasteiger partial charge in [0.2, 0.25) is 5.91 Å². The number of alkyl halides is 2. The highest BCUT2D eigenvalue weighted by Crippen LogP contribution is 2.19. The number of carbonyl (C=O) groups is 1. The van der Waals surface area contributed by atoms with Gasteiger partial charge in [-0.15, -0.1) is 0 Å². The molecular formula is C13H17F2NO3. The highest BCUT2D eigenvalue weighted by Gasteiger charge is 2.10. The van der Waals surface area contributed by atoms with Crippen molar-refractivity contribution in [3.63, 3.8) is 0 Å².